The molecular weight excluding hydrogens is 192 g/mol. The molecule has 0 saturated heterocycles. The Labute approximate surface area is 90.5 Å². The average Bonchev–Trinajstić information content (AvgIpc) is 2.20. The van der Waals surface area contributed by atoms with Crippen LogP contribution in [0.2, 0.25) is 0 Å². The molecule has 0 aliphatic carbocycles. The fourth-order valence-electron chi connectivity index (χ4n) is 1.03. The molecule has 0 saturated carbocycles. The van der Waals surface area contributed by atoms with Gasteiger partial charge in [0.1, 0.15) is 6.61 Å². The van der Waals surface area contributed by atoms with E-state index >= 15 is 0 Å². The molecular formula is C10H18N4O. The first kappa shape index (κ1) is 11.9. The van der Waals surface area contributed by atoms with Crippen LogP contribution in [0.15, 0.2) is 12.1 Å². The molecule has 84 valence electrons. The van der Waals surface area contributed by atoms with E-state index in [4.69, 9.17) is 4.74 Å². The summed E-state index contributed by atoms with van der Waals surface area (Å²) in [6.07, 6.45) is 0. The summed E-state index contributed by atoms with van der Waals surface area (Å²) in [6, 6.07) is 3.75. The minimum Gasteiger partial charge on any atom is -0.475 e. The van der Waals surface area contributed by atoms with Crippen molar-refractivity contribution in [3.8, 4) is 5.88 Å². The maximum atomic E-state index is 5.41. The highest BCUT2D eigenvalue weighted by Gasteiger charge is 1.98. The fraction of sp³-hybridized carbons (Fsp3) is 0.600. The minimum absolute atomic E-state index is 0.580. The zero-order valence-corrected chi connectivity index (χ0v) is 9.53. The van der Waals surface area contributed by atoms with E-state index in [2.05, 4.69) is 20.4 Å². The van der Waals surface area contributed by atoms with E-state index in [1.165, 1.54) is 0 Å². The lowest BCUT2D eigenvalue weighted by atomic mass is 10.4. The number of aromatic nitrogens is 2. The molecule has 0 aliphatic rings. The predicted molar refractivity (Wildman–Crippen MR) is 58.8 cm³/mol. The van der Waals surface area contributed by atoms with Gasteiger partial charge in [-0.05, 0) is 27.2 Å². The second kappa shape index (κ2) is 6.31. The lowest BCUT2D eigenvalue weighted by Gasteiger charge is -2.09. The molecule has 1 aromatic heterocycles. The van der Waals surface area contributed by atoms with Gasteiger partial charge in [-0.1, -0.05) is 0 Å². The highest BCUT2D eigenvalue weighted by molar-refractivity contribution is 5.11. The first-order chi connectivity index (χ1) is 7.22. The van der Waals surface area contributed by atoms with Crippen LogP contribution < -0.4 is 10.1 Å². The summed E-state index contributed by atoms with van der Waals surface area (Å²) in [5.74, 6) is 0.580. The van der Waals surface area contributed by atoms with E-state index in [1.807, 2.05) is 33.3 Å². The van der Waals surface area contributed by atoms with Crippen molar-refractivity contribution in [1.82, 2.24) is 20.4 Å². The fourth-order valence-corrected chi connectivity index (χ4v) is 1.03. The van der Waals surface area contributed by atoms with Gasteiger partial charge >= 0.3 is 0 Å². The van der Waals surface area contributed by atoms with Gasteiger partial charge in [-0.15, -0.1) is 5.10 Å². The normalized spacial score (nSPS) is 10.7. The van der Waals surface area contributed by atoms with Crippen LogP contribution in [0.5, 0.6) is 5.88 Å². The summed E-state index contributed by atoms with van der Waals surface area (Å²) < 4.78 is 5.41. The van der Waals surface area contributed by atoms with Gasteiger partial charge < -0.3 is 15.0 Å². The van der Waals surface area contributed by atoms with Crippen LogP contribution in [0, 0.1) is 0 Å². The van der Waals surface area contributed by atoms with Gasteiger partial charge in [0.15, 0.2) is 0 Å². The van der Waals surface area contributed by atoms with E-state index in [9.17, 15) is 0 Å². The van der Waals surface area contributed by atoms with Gasteiger partial charge in [0.05, 0.1) is 5.69 Å². The van der Waals surface area contributed by atoms with Crippen molar-refractivity contribution in [1.29, 1.82) is 0 Å². The van der Waals surface area contributed by atoms with E-state index in [0.717, 1.165) is 18.8 Å². The van der Waals surface area contributed by atoms with Crippen LogP contribution in [-0.2, 0) is 6.54 Å². The van der Waals surface area contributed by atoms with E-state index < -0.39 is 0 Å². The Hall–Kier alpha value is -1.20. The van der Waals surface area contributed by atoms with Crippen molar-refractivity contribution < 1.29 is 4.74 Å². The molecule has 0 unspecified atom stereocenters. The molecule has 0 radical (unpaired) electrons. The van der Waals surface area contributed by atoms with Gasteiger partial charge in [0.25, 0.3) is 0 Å². The molecule has 5 nitrogen and oxygen atoms in total. The molecule has 1 N–H and O–H groups in total. The van der Waals surface area contributed by atoms with Crippen molar-refractivity contribution in [2.24, 2.45) is 0 Å². The summed E-state index contributed by atoms with van der Waals surface area (Å²) in [7, 11) is 5.89. The topological polar surface area (TPSA) is 50.3 Å². The Morgan fingerprint density at radius 3 is 2.67 bits per heavy atom. The number of nitrogens with zero attached hydrogens (tertiary/aromatic N) is 3. The largest absolute Gasteiger partial charge is 0.475 e. The zero-order chi connectivity index (χ0) is 11.1. The monoisotopic (exact) mass is 210 g/mol. The molecule has 0 atom stereocenters. The SMILES string of the molecule is CNCc1ccc(OCCN(C)C)nn1. The van der Waals surface area contributed by atoms with Crippen LogP contribution in [0.3, 0.4) is 0 Å². The second-order valence-electron chi connectivity index (χ2n) is 3.54. The van der Waals surface area contributed by atoms with Crippen LogP contribution in [0.4, 0.5) is 0 Å². The quantitative estimate of drug-likeness (QED) is 0.723. The maximum Gasteiger partial charge on any atom is 0.233 e. The summed E-state index contributed by atoms with van der Waals surface area (Å²) in [5, 5.41) is 11.0. The van der Waals surface area contributed by atoms with Crippen LogP contribution >= 0.6 is 0 Å². The highest BCUT2D eigenvalue weighted by atomic mass is 16.5. The van der Waals surface area contributed by atoms with Crippen LogP contribution in [0.25, 0.3) is 0 Å². The summed E-state index contributed by atoms with van der Waals surface area (Å²) in [4.78, 5) is 2.06. The molecule has 1 heterocycles. The van der Waals surface area contributed by atoms with Crippen LogP contribution in [-0.4, -0.2) is 49.4 Å². The van der Waals surface area contributed by atoms with Crippen molar-refractivity contribution in [2.75, 3.05) is 34.3 Å². The van der Waals surface area contributed by atoms with Gasteiger partial charge in [-0.25, -0.2) is 0 Å². The Morgan fingerprint density at radius 1 is 1.33 bits per heavy atom. The molecule has 0 spiro atoms. The molecule has 0 bridgehead atoms. The predicted octanol–water partition coefficient (Wildman–Crippen LogP) is 0.136. The van der Waals surface area contributed by atoms with Crippen molar-refractivity contribution in [3.05, 3.63) is 17.8 Å². The van der Waals surface area contributed by atoms with Gasteiger partial charge in [0.2, 0.25) is 5.88 Å². The Morgan fingerprint density at radius 2 is 2.13 bits per heavy atom. The third-order valence-electron chi connectivity index (χ3n) is 1.84. The van der Waals surface area contributed by atoms with Crippen molar-refractivity contribution >= 4 is 0 Å². The first-order valence-corrected chi connectivity index (χ1v) is 4.97. The van der Waals surface area contributed by atoms with Crippen LogP contribution in [0.1, 0.15) is 5.69 Å². The third kappa shape index (κ3) is 4.71. The average molecular weight is 210 g/mol. The Kier molecular flexibility index (Phi) is 5.00. The molecule has 0 aromatic carbocycles. The van der Waals surface area contributed by atoms with Gasteiger partial charge in [0, 0.05) is 19.2 Å². The lowest BCUT2D eigenvalue weighted by Crippen LogP contribution is -2.19. The Bertz CT molecular complexity index is 273. The number of nitrogens with one attached hydrogen (secondary N) is 1. The first-order valence-electron chi connectivity index (χ1n) is 4.97. The van der Waals surface area contributed by atoms with E-state index in [1.54, 1.807) is 0 Å². The number of likely N-dealkylation sites (N-methyl/N-ethyl adjacent to an activating group) is 1. The highest BCUT2D eigenvalue weighted by Crippen LogP contribution is 2.04. The lowest BCUT2D eigenvalue weighted by molar-refractivity contribution is 0.251. The van der Waals surface area contributed by atoms with Gasteiger partial charge in [-0.3, -0.25) is 0 Å². The molecule has 1 rings (SSSR count). The standard InChI is InChI=1S/C10H18N4O/c1-11-8-9-4-5-10(13-12-9)15-7-6-14(2)3/h4-5,11H,6-8H2,1-3H3. The van der Waals surface area contributed by atoms with Gasteiger partial charge in [-0.2, -0.15) is 5.10 Å². The number of rotatable bonds is 6. The number of hydrogen-bond donors (Lipinski definition) is 1. The van der Waals surface area contributed by atoms with E-state index in [0.29, 0.717) is 12.5 Å². The van der Waals surface area contributed by atoms with Crippen molar-refractivity contribution in [2.45, 2.75) is 6.54 Å². The molecule has 1 aromatic rings. The second-order valence-corrected chi connectivity index (χ2v) is 3.54. The maximum absolute atomic E-state index is 5.41. The molecule has 0 fully saturated rings. The Balaban J connectivity index is 2.36. The minimum atomic E-state index is 0.580. The van der Waals surface area contributed by atoms with E-state index in [-0.39, 0.29) is 0 Å². The molecule has 0 aliphatic heterocycles. The molecule has 5 heteroatoms. The molecule has 0 amide bonds. The third-order valence-corrected chi connectivity index (χ3v) is 1.84. The molecule has 15 heavy (non-hydrogen) atoms. The summed E-state index contributed by atoms with van der Waals surface area (Å²) >= 11 is 0. The smallest absolute Gasteiger partial charge is 0.233 e. The summed E-state index contributed by atoms with van der Waals surface area (Å²) in [6.45, 7) is 2.23. The zero-order valence-electron chi connectivity index (χ0n) is 9.53. The number of hydrogen-bond acceptors (Lipinski definition) is 5. The van der Waals surface area contributed by atoms with Crippen molar-refractivity contribution in [3.63, 3.8) is 0 Å². The number of ether oxygens (including phenoxy) is 1. The summed E-state index contributed by atoms with van der Waals surface area (Å²) in [5.41, 5.74) is 0.914.